The van der Waals surface area contributed by atoms with E-state index >= 15 is 0 Å². The molecule has 7 heteroatoms. The van der Waals surface area contributed by atoms with Crippen molar-refractivity contribution in [2.45, 2.75) is 18.5 Å². The summed E-state index contributed by atoms with van der Waals surface area (Å²) in [6.07, 6.45) is 0.863. The number of fused-ring (bicyclic) bond motifs is 1. The Labute approximate surface area is 130 Å². The maximum absolute atomic E-state index is 6.36. The van der Waals surface area contributed by atoms with Crippen molar-refractivity contribution in [1.82, 2.24) is 20.2 Å². The van der Waals surface area contributed by atoms with Crippen molar-refractivity contribution < 1.29 is 0 Å². The lowest BCUT2D eigenvalue weighted by molar-refractivity contribution is 0.426. The molecule has 0 amide bonds. The second-order valence-electron chi connectivity index (χ2n) is 4.93. The molecule has 0 bridgehead atoms. The molecule has 3 aromatic rings. The second-order valence-corrected chi connectivity index (χ2v) is 6.32. The monoisotopic (exact) mass is 317 g/mol. The molecular formula is C14H12ClN5S. The molecule has 1 aliphatic heterocycles. The SMILES string of the molecule is Clc1ccccc1C1CC(c2cccs2)Nc2nnnn21. The quantitative estimate of drug-likeness (QED) is 0.785. The Morgan fingerprint density at radius 3 is 2.95 bits per heavy atom. The van der Waals surface area contributed by atoms with E-state index in [0.29, 0.717) is 5.95 Å². The number of benzene rings is 1. The molecule has 0 aliphatic carbocycles. The van der Waals surface area contributed by atoms with Gasteiger partial charge in [0.1, 0.15) is 0 Å². The van der Waals surface area contributed by atoms with E-state index in [1.807, 2.05) is 28.9 Å². The van der Waals surface area contributed by atoms with Crippen LogP contribution in [0.25, 0.3) is 0 Å². The van der Waals surface area contributed by atoms with Gasteiger partial charge >= 0.3 is 0 Å². The molecule has 3 heterocycles. The molecule has 2 unspecified atom stereocenters. The van der Waals surface area contributed by atoms with Crippen molar-refractivity contribution in [3.63, 3.8) is 0 Å². The molecule has 1 aliphatic rings. The van der Waals surface area contributed by atoms with Crippen molar-refractivity contribution in [3.8, 4) is 0 Å². The number of nitrogens with zero attached hydrogens (tertiary/aromatic N) is 4. The van der Waals surface area contributed by atoms with Crippen molar-refractivity contribution >= 4 is 28.9 Å². The fourth-order valence-electron chi connectivity index (χ4n) is 2.72. The lowest BCUT2D eigenvalue weighted by atomic mass is 9.97. The van der Waals surface area contributed by atoms with Gasteiger partial charge in [-0.05, 0) is 39.9 Å². The summed E-state index contributed by atoms with van der Waals surface area (Å²) in [6.45, 7) is 0. The number of nitrogens with one attached hydrogen (secondary N) is 1. The largest absolute Gasteiger partial charge is 0.345 e. The molecule has 1 aromatic carbocycles. The fourth-order valence-corrected chi connectivity index (χ4v) is 3.77. The minimum Gasteiger partial charge on any atom is -0.345 e. The number of halogens is 1. The number of anilines is 1. The molecule has 0 radical (unpaired) electrons. The summed E-state index contributed by atoms with van der Waals surface area (Å²) in [7, 11) is 0. The Bertz CT molecular complexity index is 754. The summed E-state index contributed by atoms with van der Waals surface area (Å²) in [5.74, 6) is 0.685. The summed E-state index contributed by atoms with van der Waals surface area (Å²) in [4.78, 5) is 1.28. The van der Waals surface area contributed by atoms with Crippen LogP contribution in [0.5, 0.6) is 0 Å². The Balaban J connectivity index is 1.78. The molecule has 5 nitrogen and oxygen atoms in total. The summed E-state index contributed by atoms with van der Waals surface area (Å²) in [5.41, 5.74) is 1.05. The van der Waals surface area contributed by atoms with Gasteiger partial charge in [-0.25, -0.2) is 4.68 Å². The highest BCUT2D eigenvalue weighted by Crippen LogP contribution is 2.40. The molecule has 2 aromatic heterocycles. The topological polar surface area (TPSA) is 55.6 Å². The van der Waals surface area contributed by atoms with E-state index in [-0.39, 0.29) is 12.1 Å². The van der Waals surface area contributed by atoms with E-state index in [4.69, 9.17) is 11.6 Å². The molecule has 0 saturated heterocycles. The Hall–Kier alpha value is -1.92. The average Bonchev–Trinajstić information content (AvgIpc) is 3.18. The zero-order valence-electron chi connectivity index (χ0n) is 11.0. The van der Waals surface area contributed by atoms with Crippen molar-refractivity contribution in [3.05, 3.63) is 57.2 Å². The fraction of sp³-hybridized carbons (Fsp3) is 0.214. The molecular weight excluding hydrogens is 306 g/mol. The Morgan fingerprint density at radius 1 is 1.24 bits per heavy atom. The number of hydrogen-bond acceptors (Lipinski definition) is 5. The highest BCUT2D eigenvalue weighted by Gasteiger charge is 2.31. The van der Waals surface area contributed by atoms with Crippen molar-refractivity contribution in [2.24, 2.45) is 0 Å². The van der Waals surface area contributed by atoms with Crippen LogP contribution in [0, 0.1) is 0 Å². The third-order valence-electron chi connectivity index (χ3n) is 3.70. The molecule has 21 heavy (non-hydrogen) atoms. The third kappa shape index (κ3) is 2.20. The van der Waals surface area contributed by atoms with Gasteiger partial charge in [0.05, 0.1) is 12.1 Å². The molecule has 106 valence electrons. The van der Waals surface area contributed by atoms with E-state index in [0.717, 1.165) is 17.0 Å². The minimum atomic E-state index is 0.0389. The van der Waals surface area contributed by atoms with Crippen LogP contribution < -0.4 is 5.32 Å². The maximum atomic E-state index is 6.36. The molecule has 4 rings (SSSR count). The Kier molecular flexibility index (Phi) is 3.12. The first-order valence-electron chi connectivity index (χ1n) is 6.65. The highest BCUT2D eigenvalue weighted by atomic mass is 35.5. The zero-order valence-corrected chi connectivity index (χ0v) is 12.6. The van der Waals surface area contributed by atoms with Gasteiger partial charge in [-0.15, -0.1) is 11.3 Å². The lowest BCUT2D eigenvalue weighted by Gasteiger charge is -2.30. The molecule has 0 fully saturated rings. The first-order valence-corrected chi connectivity index (χ1v) is 7.91. The molecule has 0 spiro atoms. The van der Waals surface area contributed by atoms with Gasteiger partial charge in [-0.1, -0.05) is 41.0 Å². The van der Waals surface area contributed by atoms with Crippen LogP contribution in [0.2, 0.25) is 5.02 Å². The molecule has 1 N–H and O–H groups in total. The maximum Gasteiger partial charge on any atom is 0.244 e. The standard InChI is InChI=1S/C14H12ClN5S/c15-10-5-2-1-4-9(10)12-8-11(13-6-3-7-21-13)16-14-17-18-19-20(12)14/h1-7,11-12H,8H2,(H,16,17,19). The summed E-state index contributed by atoms with van der Waals surface area (Å²) in [6, 6.07) is 12.3. The highest BCUT2D eigenvalue weighted by molar-refractivity contribution is 7.10. The van der Waals surface area contributed by atoms with Gasteiger partial charge in [-0.3, -0.25) is 0 Å². The Morgan fingerprint density at radius 2 is 2.14 bits per heavy atom. The van der Waals surface area contributed by atoms with Crippen LogP contribution in [-0.4, -0.2) is 20.2 Å². The predicted octanol–water partition coefficient (Wildman–Crippen LogP) is 3.53. The summed E-state index contributed by atoms with van der Waals surface area (Å²) < 4.78 is 1.81. The number of rotatable bonds is 2. The molecule has 0 saturated carbocycles. The van der Waals surface area contributed by atoms with Gasteiger partial charge in [0, 0.05) is 9.90 Å². The van der Waals surface area contributed by atoms with E-state index in [2.05, 4.69) is 38.4 Å². The van der Waals surface area contributed by atoms with E-state index in [1.54, 1.807) is 11.3 Å². The first kappa shape index (κ1) is 12.8. The second kappa shape index (κ2) is 5.13. The first-order chi connectivity index (χ1) is 10.3. The van der Waals surface area contributed by atoms with Crippen molar-refractivity contribution in [1.29, 1.82) is 0 Å². The number of tetrazole rings is 1. The number of aromatic nitrogens is 4. The summed E-state index contributed by atoms with van der Waals surface area (Å²) in [5, 5.41) is 18.2. The number of thiophene rings is 1. The van der Waals surface area contributed by atoms with E-state index in [9.17, 15) is 0 Å². The molecule has 2 atom stereocenters. The summed E-state index contributed by atoms with van der Waals surface area (Å²) >= 11 is 8.10. The zero-order chi connectivity index (χ0) is 14.2. The van der Waals surface area contributed by atoms with Crippen LogP contribution in [0.1, 0.15) is 28.9 Å². The lowest BCUT2D eigenvalue weighted by Crippen LogP contribution is -2.27. The van der Waals surface area contributed by atoms with Crippen molar-refractivity contribution in [2.75, 3.05) is 5.32 Å². The van der Waals surface area contributed by atoms with Crippen LogP contribution in [0.15, 0.2) is 41.8 Å². The average molecular weight is 318 g/mol. The predicted molar refractivity (Wildman–Crippen MR) is 82.7 cm³/mol. The minimum absolute atomic E-state index is 0.0389. The third-order valence-corrected chi connectivity index (χ3v) is 5.03. The van der Waals surface area contributed by atoms with Crippen LogP contribution in [0.3, 0.4) is 0 Å². The van der Waals surface area contributed by atoms with Gasteiger partial charge in [0.15, 0.2) is 0 Å². The van der Waals surface area contributed by atoms with Gasteiger partial charge in [0.2, 0.25) is 5.95 Å². The smallest absolute Gasteiger partial charge is 0.244 e. The number of hydrogen-bond donors (Lipinski definition) is 1. The van der Waals surface area contributed by atoms with Gasteiger partial charge < -0.3 is 5.32 Å². The van der Waals surface area contributed by atoms with E-state index < -0.39 is 0 Å². The van der Waals surface area contributed by atoms with Gasteiger partial charge in [-0.2, -0.15) is 0 Å². The van der Waals surface area contributed by atoms with E-state index in [1.165, 1.54) is 4.88 Å². The van der Waals surface area contributed by atoms with Crippen LogP contribution in [0.4, 0.5) is 5.95 Å². The van der Waals surface area contributed by atoms with Gasteiger partial charge in [0.25, 0.3) is 0 Å². The van der Waals surface area contributed by atoms with Crippen LogP contribution >= 0.6 is 22.9 Å². The van der Waals surface area contributed by atoms with Crippen LogP contribution in [-0.2, 0) is 0 Å². The normalized spacial score (nSPS) is 20.8.